The van der Waals surface area contributed by atoms with E-state index in [2.05, 4.69) is 6.58 Å². The van der Waals surface area contributed by atoms with E-state index < -0.39 is 10.8 Å². The van der Waals surface area contributed by atoms with Gasteiger partial charge < -0.3 is 0 Å². The monoisotopic (exact) mass is 180 g/mol. The van der Waals surface area contributed by atoms with Crippen LogP contribution in [0, 0.1) is 0 Å². The maximum Gasteiger partial charge on any atom is 0.0609 e. The molecule has 0 N–H and O–H groups in total. The van der Waals surface area contributed by atoms with Gasteiger partial charge in [0.25, 0.3) is 0 Å². The van der Waals surface area contributed by atoms with E-state index in [4.69, 9.17) is 0 Å². The lowest BCUT2D eigenvalue weighted by Crippen LogP contribution is -1.98. The molecule has 0 aliphatic rings. The third-order valence-electron chi connectivity index (χ3n) is 1.78. The molecule has 12 heavy (non-hydrogen) atoms. The van der Waals surface area contributed by atoms with E-state index >= 15 is 0 Å². The zero-order chi connectivity index (χ0) is 8.97. The molecule has 0 amide bonds. The average molecular weight is 180 g/mol. The molecule has 0 saturated carbocycles. The molecule has 1 unspecified atom stereocenters. The molecular weight excluding hydrogens is 168 g/mol. The summed E-state index contributed by atoms with van der Waals surface area (Å²) < 4.78 is 11.3. The second-order valence-corrected chi connectivity index (χ2v) is 4.25. The summed E-state index contributed by atoms with van der Waals surface area (Å²) >= 11 is 0. The van der Waals surface area contributed by atoms with Gasteiger partial charge in [0.15, 0.2) is 0 Å². The van der Waals surface area contributed by atoms with Gasteiger partial charge in [-0.1, -0.05) is 36.9 Å². The molecule has 0 heterocycles. The van der Waals surface area contributed by atoms with Crippen molar-refractivity contribution in [2.45, 2.75) is 12.2 Å². The number of benzene rings is 1. The molecule has 0 fully saturated rings. The summed E-state index contributed by atoms with van der Waals surface area (Å²) in [6, 6.07) is 9.81. The first-order valence-corrected chi connectivity index (χ1v) is 5.10. The third kappa shape index (κ3) is 2.05. The van der Waals surface area contributed by atoms with Crippen LogP contribution in [0.4, 0.5) is 0 Å². The van der Waals surface area contributed by atoms with E-state index in [1.54, 1.807) is 0 Å². The highest BCUT2D eigenvalue weighted by molar-refractivity contribution is 7.88. The Hall–Kier alpha value is -0.890. The van der Waals surface area contributed by atoms with Gasteiger partial charge in [0.1, 0.15) is 0 Å². The highest BCUT2D eigenvalue weighted by Gasteiger charge is 2.08. The van der Waals surface area contributed by atoms with Crippen molar-refractivity contribution in [3.8, 4) is 0 Å². The molecule has 0 aliphatic heterocycles. The van der Waals surface area contributed by atoms with Crippen LogP contribution in [0.3, 0.4) is 0 Å². The maximum atomic E-state index is 11.3. The van der Waals surface area contributed by atoms with Gasteiger partial charge in [-0.15, -0.1) is 0 Å². The van der Waals surface area contributed by atoms with Crippen molar-refractivity contribution in [2.75, 3.05) is 0 Å². The van der Waals surface area contributed by atoms with Crippen LogP contribution in [0.2, 0.25) is 0 Å². The molecule has 2 heteroatoms. The molecule has 1 aromatic rings. The van der Waals surface area contributed by atoms with Crippen molar-refractivity contribution >= 4 is 10.8 Å². The Morgan fingerprint density at radius 2 is 2.00 bits per heavy atom. The Labute approximate surface area is 75.6 Å². The molecule has 0 bridgehead atoms. The molecule has 0 saturated heterocycles. The van der Waals surface area contributed by atoms with Gasteiger partial charge in [-0.25, -0.2) is 0 Å². The molecule has 64 valence electrons. The smallest absolute Gasteiger partial charge is 0.0609 e. The number of hydrogen-bond acceptors (Lipinski definition) is 1. The summed E-state index contributed by atoms with van der Waals surface area (Å²) in [5.41, 5.74) is 1.09. The summed E-state index contributed by atoms with van der Waals surface area (Å²) in [6.45, 7) is 5.44. The topological polar surface area (TPSA) is 17.1 Å². The second kappa shape index (κ2) is 4.21. The summed E-state index contributed by atoms with van der Waals surface area (Å²) in [5.74, 6) is 0. The van der Waals surface area contributed by atoms with E-state index in [9.17, 15) is 4.21 Å². The minimum Gasteiger partial charge on any atom is -0.254 e. The van der Waals surface area contributed by atoms with Crippen molar-refractivity contribution in [3.05, 3.63) is 47.9 Å². The quantitative estimate of drug-likeness (QED) is 0.699. The van der Waals surface area contributed by atoms with E-state index in [1.807, 2.05) is 37.3 Å². The number of rotatable bonds is 3. The molecule has 1 aromatic carbocycles. The standard InChI is InChI=1S/C10H12OS/c1-3-12(11)9(2)10-7-5-4-6-8-10/h3-9H,1H2,2H3/t9-,12?/m1/s1. The van der Waals surface area contributed by atoms with Crippen LogP contribution >= 0.6 is 0 Å². The Balaban J connectivity index is 2.85. The van der Waals surface area contributed by atoms with Crippen LogP contribution in [-0.2, 0) is 10.8 Å². The third-order valence-corrected chi connectivity index (χ3v) is 3.08. The zero-order valence-corrected chi connectivity index (χ0v) is 7.88. The molecule has 0 radical (unpaired) electrons. The summed E-state index contributed by atoms with van der Waals surface area (Å²) in [7, 11) is -0.959. The average Bonchev–Trinajstić information content (AvgIpc) is 2.17. The Morgan fingerprint density at radius 3 is 2.50 bits per heavy atom. The van der Waals surface area contributed by atoms with Crippen LogP contribution in [-0.4, -0.2) is 4.21 Å². The lowest BCUT2D eigenvalue weighted by atomic mass is 10.2. The van der Waals surface area contributed by atoms with Gasteiger partial charge in [-0.3, -0.25) is 4.21 Å². The first-order chi connectivity index (χ1) is 5.75. The van der Waals surface area contributed by atoms with Crippen LogP contribution in [0.15, 0.2) is 42.3 Å². The van der Waals surface area contributed by atoms with Crippen molar-refractivity contribution < 1.29 is 4.21 Å². The lowest BCUT2D eigenvalue weighted by molar-refractivity contribution is 0.682. The van der Waals surface area contributed by atoms with Gasteiger partial charge in [0.2, 0.25) is 0 Å². The first-order valence-electron chi connectivity index (χ1n) is 3.82. The lowest BCUT2D eigenvalue weighted by Gasteiger charge is -2.07. The molecule has 2 atom stereocenters. The molecule has 1 nitrogen and oxygen atoms in total. The van der Waals surface area contributed by atoms with Gasteiger partial charge in [0.05, 0.1) is 16.0 Å². The van der Waals surface area contributed by atoms with Crippen LogP contribution in [0.1, 0.15) is 17.7 Å². The molecule has 0 spiro atoms. The normalized spacial score (nSPS) is 15.1. The van der Waals surface area contributed by atoms with Gasteiger partial charge in [-0.05, 0) is 17.9 Å². The fourth-order valence-electron chi connectivity index (χ4n) is 1.00. The van der Waals surface area contributed by atoms with Crippen LogP contribution in [0.5, 0.6) is 0 Å². The maximum absolute atomic E-state index is 11.3. The molecular formula is C10H12OS. The van der Waals surface area contributed by atoms with Crippen molar-refractivity contribution in [2.24, 2.45) is 0 Å². The minimum absolute atomic E-state index is 0.0451. The first kappa shape index (κ1) is 9.20. The zero-order valence-electron chi connectivity index (χ0n) is 7.07. The summed E-state index contributed by atoms with van der Waals surface area (Å²) in [4.78, 5) is 0. The largest absolute Gasteiger partial charge is 0.254 e. The van der Waals surface area contributed by atoms with Crippen LogP contribution < -0.4 is 0 Å². The fourth-order valence-corrected chi connectivity index (χ4v) is 1.72. The van der Waals surface area contributed by atoms with E-state index in [1.165, 1.54) is 5.41 Å². The Kier molecular flexibility index (Phi) is 3.23. The molecule has 0 aromatic heterocycles. The predicted octanol–water partition coefficient (Wildman–Crippen LogP) is 2.64. The molecule has 1 rings (SSSR count). The van der Waals surface area contributed by atoms with Crippen molar-refractivity contribution in [1.82, 2.24) is 0 Å². The highest BCUT2D eigenvalue weighted by atomic mass is 32.2. The van der Waals surface area contributed by atoms with Crippen LogP contribution in [0.25, 0.3) is 0 Å². The van der Waals surface area contributed by atoms with Crippen molar-refractivity contribution in [3.63, 3.8) is 0 Å². The fraction of sp³-hybridized carbons (Fsp3) is 0.200. The van der Waals surface area contributed by atoms with Gasteiger partial charge >= 0.3 is 0 Å². The minimum atomic E-state index is -0.959. The SMILES string of the molecule is C=CS(=O)[C@H](C)c1ccccc1. The van der Waals surface area contributed by atoms with Gasteiger partial charge in [-0.2, -0.15) is 0 Å². The second-order valence-electron chi connectivity index (χ2n) is 2.55. The summed E-state index contributed by atoms with van der Waals surface area (Å²) in [5, 5.41) is 1.53. The van der Waals surface area contributed by atoms with E-state index in [-0.39, 0.29) is 5.25 Å². The Bertz CT molecular complexity index is 279. The van der Waals surface area contributed by atoms with E-state index in [0.717, 1.165) is 5.56 Å². The Morgan fingerprint density at radius 1 is 1.42 bits per heavy atom. The van der Waals surface area contributed by atoms with E-state index in [0.29, 0.717) is 0 Å². The summed E-state index contributed by atoms with van der Waals surface area (Å²) in [6.07, 6.45) is 0. The van der Waals surface area contributed by atoms with Gasteiger partial charge in [0, 0.05) is 0 Å². The number of hydrogen-bond donors (Lipinski definition) is 0. The van der Waals surface area contributed by atoms with Crippen molar-refractivity contribution in [1.29, 1.82) is 0 Å². The predicted molar refractivity (Wildman–Crippen MR) is 53.2 cm³/mol. The highest BCUT2D eigenvalue weighted by Crippen LogP contribution is 2.18. The molecule has 0 aliphatic carbocycles.